The average molecular weight is 296 g/mol. The van der Waals surface area contributed by atoms with E-state index in [0.717, 1.165) is 43.9 Å². The van der Waals surface area contributed by atoms with E-state index in [1.54, 1.807) is 11.3 Å². The lowest BCUT2D eigenvalue weighted by atomic mass is 10.2. The highest BCUT2D eigenvalue weighted by Crippen LogP contribution is 2.24. The molecule has 20 heavy (non-hydrogen) atoms. The SMILES string of the molecule is CCc1sc(C(=O)N2CCCN(CCO)CC2)cc1C. The first-order valence-corrected chi connectivity index (χ1v) is 8.19. The monoisotopic (exact) mass is 296 g/mol. The van der Waals surface area contributed by atoms with Crippen molar-refractivity contribution in [1.82, 2.24) is 9.80 Å². The molecule has 5 heteroatoms. The first-order chi connectivity index (χ1) is 9.65. The number of hydrogen-bond acceptors (Lipinski definition) is 4. The molecule has 0 bridgehead atoms. The summed E-state index contributed by atoms with van der Waals surface area (Å²) < 4.78 is 0. The molecule has 1 N–H and O–H groups in total. The van der Waals surface area contributed by atoms with E-state index in [4.69, 9.17) is 5.11 Å². The van der Waals surface area contributed by atoms with Crippen LogP contribution in [0.1, 0.15) is 33.5 Å². The zero-order valence-corrected chi connectivity index (χ0v) is 13.2. The molecule has 0 saturated carbocycles. The van der Waals surface area contributed by atoms with Gasteiger partial charge in [0.1, 0.15) is 0 Å². The molecule has 1 saturated heterocycles. The largest absolute Gasteiger partial charge is 0.395 e. The second kappa shape index (κ2) is 7.20. The first kappa shape index (κ1) is 15.5. The van der Waals surface area contributed by atoms with Gasteiger partial charge in [0.25, 0.3) is 5.91 Å². The van der Waals surface area contributed by atoms with Crippen molar-refractivity contribution in [3.05, 3.63) is 21.4 Å². The number of carbonyl (C=O) groups excluding carboxylic acids is 1. The highest BCUT2D eigenvalue weighted by molar-refractivity contribution is 7.14. The maximum Gasteiger partial charge on any atom is 0.263 e. The summed E-state index contributed by atoms with van der Waals surface area (Å²) in [5.74, 6) is 0.170. The molecular weight excluding hydrogens is 272 g/mol. The summed E-state index contributed by atoms with van der Waals surface area (Å²) in [6.45, 7) is 8.52. The summed E-state index contributed by atoms with van der Waals surface area (Å²) >= 11 is 1.63. The Morgan fingerprint density at radius 3 is 2.80 bits per heavy atom. The van der Waals surface area contributed by atoms with Crippen LogP contribution in [0.2, 0.25) is 0 Å². The Labute approximate surface area is 125 Å². The van der Waals surface area contributed by atoms with Gasteiger partial charge < -0.3 is 10.0 Å². The van der Waals surface area contributed by atoms with Crippen molar-refractivity contribution in [1.29, 1.82) is 0 Å². The van der Waals surface area contributed by atoms with Gasteiger partial charge in [0.15, 0.2) is 0 Å². The molecule has 1 aliphatic heterocycles. The summed E-state index contributed by atoms with van der Waals surface area (Å²) in [4.78, 5) is 18.9. The van der Waals surface area contributed by atoms with Crippen molar-refractivity contribution in [3.63, 3.8) is 0 Å². The number of amides is 1. The molecule has 0 spiro atoms. The number of aliphatic hydroxyl groups is 1. The van der Waals surface area contributed by atoms with E-state index in [2.05, 4.69) is 18.7 Å². The third-order valence-corrected chi connectivity index (χ3v) is 5.21. The maximum absolute atomic E-state index is 12.6. The summed E-state index contributed by atoms with van der Waals surface area (Å²) in [6.07, 6.45) is 1.98. The van der Waals surface area contributed by atoms with Crippen LogP contribution in [0.4, 0.5) is 0 Å². The first-order valence-electron chi connectivity index (χ1n) is 7.37. The van der Waals surface area contributed by atoms with Crippen molar-refractivity contribution < 1.29 is 9.90 Å². The zero-order chi connectivity index (χ0) is 14.5. The standard InChI is InChI=1S/C15H24N2O2S/c1-3-13-12(2)11-14(20-13)15(19)17-6-4-5-16(7-8-17)9-10-18/h11,18H,3-10H2,1-2H3. The number of thiophene rings is 1. The molecular formula is C15H24N2O2S. The summed E-state index contributed by atoms with van der Waals surface area (Å²) in [6, 6.07) is 2.03. The molecule has 2 heterocycles. The van der Waals surface area contributed by atoms with E-state index < -0.39 is 0 Å². The van der Waals surface area contributed by atoms with Crippen LogP contribution < -0.4 is 0 Å². The third-order valence-electron chi connectivity index (χ3n) is 3.84. The van der Waals surface area contributed by atoms with E-state index in [0.29, 0.717) is 6.54 Å². The summed E-state index contributed by atoms with van der Waals surface area (Å²) in [5, 5.41) is 9.00. The van der Waals surface area contributed by atoms with Gasteiger partial charge in [-0.05, 0) is 37.9 Å². The number of nitrogens with zero attached hydrogens (tertiary/aromatic N) is 2. The topological polar surface area (TPSA) is 43.8 Å². The number of β-amino-alcohol motifs (C(OH)–C–C–N with tert-alkyl or cyclic N) is 1. The number of aryl methyl sites for hydroxylation is 2. The van der Waals surface area contributed by atoms with Gasteiger partial charge in [-0.25, -0.2) is 0 Å². The molecule has 1 fully saturated rings. The Morgan fingerprint density at radius 1 is 1.35 bits per heavy atom. The van der Waals surface area contributed by atoms with Crippen molar-refractivity contribution in [3.8, 4) is 0 Å². The number of rotatable bonds is 4. The van der Waals surface area contributed by atoms with Crippen LogP contribution in [-0.4, -0.2) is 60.1 Å². The molecule has 112 valence electrons. The quantitative estimate of drug-likeness (QED) is 0.921. The van der Waals surface area contributed by atoms with Gasteiger partial charge in [-0.2, -0.15) is 0 Å². The van der Waals surface area contributed by atoms with Crippen LogP contribution in [-0.2, 0) is 6.42 Å². The van der Waals surface area contributed by atoms with Crippen molar-refractivity contribution in [2.75, 3.05) is 39.3 Å². The molecule has 1 aromatic heterocycles. The van der Waals surface area contributed by atoms with Gasteiger partial charge in [0.05, 0.1) is 11.5 Å². The maximum atomic E-state index is 12.6. The highest BCUT2D eigenvalue weighted by Gasteiger charge is 2.21. The van der Waals surface area contributed by atoms with Gasteiger partial charge in [-0.3, -0.25) is 9.69 Å². The van der Waals surface area contributed by atoms with Crippen LogP contribution >= 0.6 is 11.3 Å². The normalized spacial score (nSPS) is 17.2. The van der Waals surface area contributed by atoms with E-state index in [-0.39, 0.29) is 12.5 Å². The van der Waals surface area contributed by atoms with Crippen molar-refractivity contribution >= 4 is 17.2 Å². The fourth-order valence-corrected chi connectivity index (χ4v) is 3.75. The second-order valence-corrected chi connectivity index (χ2v) is 6.42. The minimum absolute atomic E-state index is 0.170. The molecule has 1 aliphatic rings. The lowest BCUT2D eigenvalue weighted by Crippen LogP contribution is -2.35. The molecule has 2 rings (SSSR count). The Balaban J connectivity index is 2.01. The molecule has 0 radical (unpaired) electrons. The van der Waals surface area contributed by atoms with E-state index in [1.807, 2.05) is 11.0 Å². The van der Waals surface area contributed by atoms with Crippen LogP contribution in [0, 0.1) is 6.92 Å². The van der Waals surface area contributed by atoms with Crippen LogP contribution in [0.15, 0.2) is 6.07 Å². The predicted molar refractivity (Wildman–Crippen MR) is 82.5 cm³/mol. The van der Waals surface area contributed by atoms with Gasteiger partial charge in [0.2, 0.25) is 0 Å². The van der Waals surface area contributed by atoms with E-state index >= 15 is 0 Å². The molecule has 4 nitrogen and oxygen atoms in total. The van der Waals surface area contributed by atoms with Gasteiger partial charge >= 0.3 is 0 Å². The molecule has 0 unspecified atom stereocenters. The second-order valence-electron chi connectivity index (χ2n) is 5.28. The molecule has 0 aliphatic carbocycles. The Hall–Kier alpha value is -0.910. The van der Waals surface area contributed by atoms with Gasteiger partial charge in [-0.15, -0.1) is 11.3 Å². The third kappa shape index (κ3) is 3.59. The molecule has 1 aromatic rings. The Kier molecular flexibility index (Phi) is 5.57. The Morgan fingerprint density at radius 2 is 2.15 bits per heavy atom. The lowest BCUT2D eigenvalue weighted by molar-refractivity contribution is 0.0765. The van der Waals surface area contributed by atoms with E-state index in [1.165, 1.54) is 10.4 Å². The minimum Gasteiger partial charge on any atom is -0.395 e. The van der Waals surface area contributed by atoms with Crippen LogP contribution in [0.3, 0.4) is 0 Å². The van der Waals surface area contributed by atoms with Crippen LogP contribution in [0.25, 0.3) is 0 Å². The van der Waals surface area contributed by atoms with Gasteiger partial charge in [0, 0.05) is 31.1 Å². The average Bonchev–Trinajstić information content (AvgIpc) is 2.67. The molecule has 0 atom stereocenters. The smallest absolute Gasteiger partial charge is 0.263 e. The molecule has 0 aromatic carbocycles. The van der Waals surface area contributed by atoms with Gasteiger partial charge in [-0.1, -0.05) is 6.92 Å². The number of aliphatic hydroxyl groups excluding tert-OH is 1. The Bertz CT molecular complexity index is 459. The summed E-state index contributed by atoms with van der Waals surface area (Å²) in [5.41, 5.74) is 1.23. The number of carbonyl (C=O) groups is 1. The van der Waals surface area contributed by atoms with Crippen LogP contribution in [0.5, 0.6) is 0 Å². The van der Waals surface area contributed by atoms with E-state index in [9.17, 15) is 4.79 Å². The lowest BCUT2D eigenvalue weighted by Gasteiger charge is -2.20. The number of hydrogen-bond donors (Lipinski definition) is 1. The van der Waals surface area contributed by atoms with Crippen molar-refractivity contribution in [2.24, 2.45) is 0 Å². The summed E-state index contributed by atoms with van der Waals surface area (Å²) in [7, 11) is 0. The highest BCUT2D eigenvalue weighted by atomic mass is 32.1. The zero-order valence-electron chi connectivity index (χ0n) is 12.4. The molecule has 1 amide bonds. The fourth-order valence-electron chi connectivity index (χ4n) is 2.67. The predicted octanol–water partition coefficient (Wildman–Crippen LogP) is 1.76. The van der Waals surface area contributed by atoms with Crippen molar-refractivity contribution in [2.45, 2.75) is 26.7 Å². The fraction of sp³-hybridized carbons (Fsp3) is 0.667. The minimum atomic E-state index is 0.170.